The molecule has 0 bridgehead atoms. The molecule has 0 amide bonds. The Labute approximate surface area is 103 Å². The lowest BCUT2D eigenvalue weighted by Gasteiger charge is -2.05. The van der Waals surface area contributed by atoms with E-state index >= 15 is 0 Å². The monoisotopic (exact) mass is 252 g/mol. The molecule has 1 aromatic heterocycles. The molecular weight excluding hydrogens is 239 g/mol. The highest BCUT2D eigenvalue weighted by atomic mass is 32.1. The number of halogens is 1. The summed E-state index contributed by atoms with van der Waals surface area (Å²) in [5.41, 5.74) is 3.55. The third-order valence-corrected chi connectivity index (χ3v) is 3.34. The van der Waals surface area contributed by atoms with Gasteiger partial charge in [-0.15, -0.1) is 11.3 Å². The highest BCUT2D eigenvalue weighted by molar-refractivity contribution is 7.09. The number of rotatable bonds is 4. The van der Waals surface area contributed by atoms with Crippen LogP contribution < -0.4 is 5.32 Å². The van der Waals surface area contributed by atoms with Crippen molar-refractivity contribution in [2.24, 2.45) is 0 Å². The van der Waals surface area contributed by atoms with Crippen LogP contribution in [-0.4, -0.2) is 10.1 Å². The van der Waals surface area contributed by atoms with Gasteiger partial charge in [-0.25, -0.2) is 9.37 Å². The van der Waals surface area contributed by atoms with E-state index in [0.29, 0.717) is 13.1 Å². The van der Waals surface area contributed by atoms with Gasteiger partial charge in [0.15, 0.2) is 0 Å². The molecule has 0 aliphatic carbocycles. The summed E-state index contributed by atoms with van der Waals surface area (Å²) in [6, 6.07) is 4.05. The Morgan fingerprint density at radius 1 is 1.35 bits per heavy atom. The van der Waals surface area contributed by atoms with Gasteiger partial charge in [0.25, 0.3) is 0 Å². The van der Waals surface area contributed by atoms with Crippen molar-refractivity contribution >= 4 is 11.3 Å². The van der Waals surface area contributed by atoms with Gasteiger partial charge in [-0.2, -0.15) is 0 Å². The number of benzene rings is 1. The van der Waals surface area contributed by atoms with Crippen molar-refractivity contribution in [3.63, 3.8) is 0 Å². The molecule has 2 N–H and O–H groups in total. The van der Waals surface area contributed by atoms with Gasteiger partial charge in [-0.05, 0) is 24.6 Å². The zero-order chi connectivity index (χ0) is 12.3. The summed E-state index contributed by atoms with van der Waals surface area (Å²) in [7, 11) is 0. The van der Waals surface area contributed by atoms with Crippen molar-refractivity contribution in [3.05, 3.63) is 45.7 Å². The number of hydrogen-bond donors (Lipinski definition) is 2. The zero-order valence-corrected chi connectivity index (χ0v) is 10.2. The van der Waals surface area contributed by atoms with Crippen molar-refractivity contribution in [1.82, 2.24) is 10.3 Å². The Kier molecular flexibility index (Phi) is 3.71. The predicted molar refractivity (Wildman–Crippen MR) is 65.5 cm³/mol. The SMILES string of the molecule is Cc1ncsc1CNCc1cc(O)cc(F)c1. The standard InChI is InChI=1S/C12H13FN2OS/c1-8-12(17-7-15-8)6-14-5-9-2-10(13)4-11(16)3-9/h2-4,7,14,16H,5-6H2,1H3. The molecule has 1 heterocycles. The molecule has 0 aliphatic heterocycles. The van der Waals surface area contributed by atoms with Gasteiger partial charge in [-0.1, -0.05) is 0 Å². The van der Waals surface area contributed by atoms with E-state index in [9.17, 15) is 9.50 Å². The third-order valence-electron chi connectivity index (χ3n) is 2.40. The topological polar surface area (TPSA) is 45.2 Å². The van der Waals surface area contributed by atoms with Crippen molar-refractivity contribution in [1.29, 1.82) is 0 Å². The molecule has 17 heavy (non-hydrogen) atoms. The van der Waals surface area contributed by atoms with Gasteiger partial charge in [-0.3, -0.25) is 0 Å². The van der Waals surface area contributed by atoms with E-state index in [4.69, 9.17) is 0 Å². The minimum Gasteiger partial charge on any atom is -0.508 e. The van der Waals surface area contributed by atoms with E-state index < -0.39 is 5.82 Å². The van der Waals surface area contributed by atoms with Gasteiger partial charge in [0.05, 0.1) is 11.2 Å². The molecule has 0 fully saturated rings. The Morgan fingerprint density at radius 2 is 2.18 bits per heavy atom. The largest absolute Gasteiger partial charge is 0.508 e. The van der Waals surface area contributed by atoms with Crippen LogP contribution in [0.3, 0.4) is 0 Å². The Hall–Kier alpha value is -1.46. The molecule has 5 heteroatoms. The number of nitrogens with zero attached hydrogens (tertiary/aromatic N) is 1. The highest BCUT2D eigenvalue weighted by Gasteiger charge is 2.02. The number of nitrogens with one attached hydrogen (secondary N) is 1. The number of aryl methyl sites for hydroxylation is 1. The van der Waals surface area contributed by atoms with Crippen molar-refractivity contribution in [3.8, 4) is 5.75 Å². The lowest BCUT2D eigenvalue weighted by molar-refractivity contribution is 0.467. The first kappa shape index (κ1) is 12.0. The van der Waals surface area contributed by atoms with E-state index in [1.165, 1.54) is 10.9 Å². The smallest absolute Gasteiger partial charge is 0.127 e. The zero-order valence-electron chi connectivity index (χ0n) is 9.40. The van der Waals surface area contributed by atoms with Gasteiger partial charge in [0, 0.05) is 24.0 Å². The fourth-order valence-corrected chi connectivity index (χ4v) is 2.30. The average Bonchev–Trinajstić information content (AvgIpc) is 2.63. The molecule has 1 aromatic carbocycles. The van der Waals surface area contributed by atoms with Crippen LogP contribution in [0.4, 0.5) is 4.39 Å². The lowest BCUT2D eigenvalue weighted by atomic mass is 10.2. The summed E-state index contributed by atoms with van der Waals surface area (Å²) in [6.45, 7) is 3.18. The number of aromatic nitrogens is 1. The molecule has 0 spiro atoms. The fourth-order valence-electron chi connectivity index (χ4n) is 1.55. The molecule has 0 saturated carbocycles. The van der Waals surface area contributed by atoms with Crippen LogP contribution in [-0.2, 0) is 13.1 Å². The lowest BCUT2D eigenvalue weighted by Crippen LogP contribution is -2.12. The molecule has 90 valence electrons. The molecular formula is C12H13FN2OS. The molecule has 2 aromatic rings. The first-order chi connectivity index (χ1) is 8.15. The maximum absolute atomic E-state index is 13.0. The molecule has 0 aliphatic rings. The summed E-state index contributed by atoms with van der Waals surface area (Å²) >= 11 is 1.59. The molecule has 0 unspecified atom stereocenters. The molecule has 3 nitrogen and oxygen atoms in total. The first-order valence-corrected chi connectivity index (χ1v) is 6.11. The highest BCUT2D eigenvalue weighted by Crippen LogP contribution is 2.15. The van der Waals surface area contributed by atoms with Crippen LogP contribution in [0.2, 0.25) is 0 Å². The van der Waals surface area contributed by atoms with E-state index in [1.807, 2.05) is 6.92 Å². The molecule has 0 saturated heterocycles. The van der Waals surface area contributed by atoms with Crippen LogP contribution in [0.25, 0.3) is 0 Å². The number of thiazole rings is 1. The quantitative estimate of drug-likeness (QED) is 0.879. The van der Waals surface area contributed by atoms with Crippen LogP contribution >= 0.6 is 11.3 Å². The van der Waals surface area contributed by atoms with Gasteiger partial charge < -0.3 is 10.4 Å². The van der Waals surface area contributed by atoms with Gasteiger partial charge in [0.2, 0.25) is 0 Å². The predicted octanol–water partition coefficient (Wildman–Crippen LogP) is 2.59. The van der Waals surface area contributed by atoms with Crippen molar-refractivity contribution < 1.29 is 9.50 Å². The van der Waals surface area contributed by atoms with Crippen molar-refractivity contribution in [2.45, 2.75) is 20.0 Å². The average molecular weight is 252 g/mol. The van der Waals surface area contributed by atoms with E-state index in [0.717, 1.165) is 17.3 Å². The second-order valence-electron chi connectivity index (χ2n) is 3.78. The van der Waals surface area contributed by atoms with Gasteiger partial charge in [0.1, 0.15) is 11.6 Å². The summed E-state index contributed by atoms with van der Waals surface area (Å²) in [6.07, 6.45) is 0. The summed E-state index contributed by atoms with van der Waals surface area (Å²) < 4.78 is 13.0. The second-order valence-corrected chi connectivity index (χ2v) is 4.72. The normalized spacial score (nSPS) is 10.7. The van der Waals surface area contributed by atoms with E-state index in [1.54, 1.807) is 22.9 Å². The van der Waals surface area contributed by atoms with Crippen molar-refractivity contribution in [2.75, 3.05) is 0 Å². The van der Waals surface area contributed by atoms with Crippen LogP contribution in [0.5, 0.6) is 5.75 Å². The second kappa shape index (κ2) is 5.25. The van der Waals surface area contributed by atoms with Gasteiger partial charge >= 0.3 is 0 Å². The number of hydrogen-bond acceptors (Lipinski definition) is 4. The number of aromatic hydroxyl groups is 1. The molecule has 0 atom stereocenters. The van der Waals surface area contributed by atoms with Crippen LogP contribution in [0.15, 0.2) is 23.7 Å². The third kappa shape index (κ3) is 3.25. The maximum Gasteiger partial charge on any atom is 0.127 e. The summed E-state index contributed by atoms with van der Waals surface area (Å²) in [5.74, 6) is -0.466. The Balaban J connectivity index is 1.92. The Morgan fingerprint density at radius 3 is 2.82 bits per heavy atom. The number of phenols is 1. The molecule has 0 radical (unpaired) electrons. The van der Waals surface area contributed by atoms with Crippen LogP contribution in [0.1, 0.15) is 16.1 Å². The summed E-state index contributed by atoms with van der Waals surface area (Å²) in [4.78, 5) is 5.32. The van der Waals surface area contributed by atoms with E-state index in [-0.39, 0.29) is 5.75 Å². The minimum atomic E-state index is -0.421. The fraction of sp³-hybridized carbons (Fsp3) is 0.250. The maximum atomic E-state index is 13.0. The first-order valence-electron chi connectivity index (χ1n) is 5.23. The minimum absolute atomic E-state index is 0.0456. The Bertz CT molecular complexity index is 493. The van der Waals surface area contributed by atoms with E-state index in [2.05, 4.69) is 10.3 Å². The summed E-state index contributed by atoms with van der Waals surface area (Å²) in [5, 5.41) is 12.4. The number of phenolic OH excluding ortho intramolecular Hbond substituents is 1. The molecule has 2 rings (SSSR count). The van der Waals surface area contributed by atoms with Crippen LogP contribution in [0, 0.1) is 12.7 Å².